The molecule has 0 aliphatic carbocycles. The average molecular weight is 699 g/mol. The summed E-state index contributed by atoms with van der Waals surface area (Å²) in [5, 5.41) is 10.1. The highest BCUT2D eigenvalue weighted by atomic mass is 16.3. The minimum absolute atomic E-state index is 0.731. The van der Waals surface area contributed by atoms with Gasteiger partial charge in [-0.15, -0.1) is 6.58 Å². The van der Waals surface area contributed by atoms with Gasteiger partial charge in [-0.3, -0.25) is 0 Å². The molecule has 1 N–H and O–H groups in total. The van der Waals surface area contributed by atoms with Crippen molar-refractivity contribution in [2.45, 2.75) is 197 Å². The summed E-state index contributed by atoms with van der Waals surface area (Å²) in [6.45, 7) is 28.1. The van der Waals surface area contributed by atoms with Gasteiger partial charge in [-0.25, -0.2) is 0 Å². The Labute approximate surface area is 319 Å². The van der Waals surface area contributed by atoms with E-state index in [1.807, 2.05) is 6.92 Å². The topological polar surface area (TPSA) is 20.2 Å². The van der Waals surface area contributed by atoms with Crippen LogP contribution < -0.4 is 0 Å². The molecule has 0 amide bonds. The lowest BCUT2D eigenvalue weighted by atomic mass is 9.99. The van der Waals surface area contributed by atoms with Crippen LogP contribution in [0.1, 0.15) is 192 Å². The Morgan fingerprint density at radius 3 is 0.765 bits per heavy atom. The van der Waals surface area contributed by atoms with Gasteiger partial charge >= 0.3 is 0 Å². The second-order valence-electron chi connectivity index (χ2n) is 16.1. The van der Waals surface area contributed by atoms with Crippen LogP contribution in [0, 0.1) is 0 Å². The van der Waals surface area contributed by atoms with Crippen LogP contribution in [-0.4, -0.2) is 10.7 Å². The third kappa shape index (κ3) is 31.8. The highest BCUT2D eigenvalue weighted by Crippen LogP contribution is 2.19. The Kier molecular flexibility index (Phi) is 28.3. The molecule has 1 atom stereocenters. The molecule has 0 fully saturated rings. The standard InChI is InChI=1S/C50H82O/c1-13-50(12,51)40-22-39-49(11)38-21-37-48(10)36-20-35-47(9)34-19-33-46(8)32-18-31-45(7)30-17-29-44(6)28-16-27-43(5)26-15-25-42(4)24-14-23-41(2)3/h13,23,25,27,29,31,33,35,37,39,51H,1,14-22,24,26,28,30,32,34,36,38,40H2,2-12H3/b42-25-,43-27-,44-29-,45-31-,46-33-,47-35-,48-37-,49-39-. The van der Waals surface area contributed by atoms with Crippen LogP contribution in [0.4, 0.5) is 0 Å². The van der Waals surface area contributed by atoms with Crippen LogP contribution in [0.3, 0.4) is 0 Å². The predicted octanol–water partition coefficient (Wildman–Crippen LogP) is 16.5. The third-order valence-electron chi connectivity index (χ3n) is 9.89. The van der Waals surface area contributed by atoms with Crippen molar-refractivity contribution in [3.63, 3.8) is 0 Å². The zero-order valence-electron chi connectivity index (χ0n) is 35.7. The Morgan fingerprint density at radius 2 is 0.569 bits per heavy atom. The molecule has 1 unspecified atom stereocenters. The molecule has 51 heavy (non-hydrogen) atoms. The van der Waals surface area contributed by atoms with Crippen molar-refractivity contribution < 1.29 is 5.11 Å². The molecule has 0 aromatic carbocycles. The maximum absolute atomic E-state index is 10.1. The molecule has 0 rings (SSSR count). The van der Waals surface area contributed by atoms with E-state index in [2.05, 4.69) is 131 Å². The molecule has 288 valence electrons. The summed E-state index contributed by atoms with van der Waals surface area (Å²) >= 11 is 0. The lowest BCUT2D eigenvalue weighted by molar-refractivity contribution is 0.103. The van der Waals surface area contributed by atoms with E-state index in [0.29, 0.717) is 0 Å². The first kappa shape index (κ1) is 48.4. The first-order valence-corrected chi connectivity index (χ1v) is 20.4. The quantitative estimate of drug-likeness (QED) is 0.0807. The number of hydrogen-bond acceptors (Lipinski definition) is 1. The normalized spacial score (nSPS) is 15.7. The van der Waals surface area contributed by atoms with E-state index in [0.717, 1.165) is 70.6 Å². The maximum Gasteiger partial charge on any atom is 0.0800 e. The summed E-state index contributed by atoms with van der Waals surface area (Å²) in [4.78, 5) is 0. The molecule has 0 heterocycles. The van der Waals surface area contributed by atoms with Gasteiger partial charge in [0.1, 0.15) is 0 Å². The summed E-state index contributed by atoms with van der Waals surface area (Å²) in [5.74, 6) is 0. The molecule has 0 radical (unpaired) electrons. The fourth-order valence-electron chi connectivity index (χ4n) is 5.94. The van der Waals surface area contributed by atoms with E-state index < -0.39 is 5.60 Å². The van der Waals surface area contributed by atoms with E-state index in [1.165, 1.54) is 95.1 Å². The van der Waals surface area contributed by atoms with Gasteiger partial charge in [0.05, 0.1) is 5.60 Å². The summed E-state index contributed by atoms with van der Waals surface area (Å²) in [5.41, 5.74) is 12.7. The molecule has 0 saturated heterocycles. The first-order chi connectivity index (χ1) is 24.1. The zero-order chi connectivity index (χ0) is 38.5. The average Bonchev–Trinajstić information content (AvgIpc) is 3.04. The van der Waals surface area contributed by atoms with Gasteiger partial charge in [-0.05, 0) is 192 Å². The van der Waals surface area contributed by atoms with Gasteiger partial charge < -0.3 is 5.11 Å². The predicted molar refractivity (Wildman–Crippen MR) is 233 cm³/mol. The van der Waals surface area contributed by atoms with Gasteiger partial charge in [0.15, 0.2) is 0 Å². The zero-order valence-corrected chi connectivity index (χ0v) is 35.7. The molecular weight excluding hydrogens is 617 g/mol. The van der Waals surface area contributed by atoms with Crippen molar-refractivity contribution in [2.75, 3.05) is 0 Å². The van der Waals surface area contributed by atoms with E-state index >= 15 is 0 Å². The van der Waals surface area contributed by atoms with Crippen LogP contribution in [0.25, 0.3) is 0 Å². The summed E-state index contributed by atoms with van der Waals surface area (Å²) in [7, 11) is 0. The number of aliphatic hydroxyl groups is 1. The molecule has 0 aliphatic rings. The largest absolute Gasteiger partial charge is 0.386 e. The monoisotopic (exact) mass is 699 g/mol. The van der Waals surface area contributed by atoms with Crippen LogP contribution in [0.5, 0.6) is 0 Å². The van der Waals surface area contributed by atoms with Gasteiger partial charge in [0.2, 0.25) is 0 Å². The van der Waals surface area contributed by atoms with Crippen LogP contribution >= 0.6 is 0 Å². The van der Waals surface area contributed by atoms with Crippen molar-refractivity contribution in [3.05, 3.63) is 117 Å². The molecule has 1 nitrogen and oxygen atoms in total. The molecule has 0 saturated carbocycles. The fraction of sp³-hybridized carbons (Fsp3) is 0.600. The van der Waals surface area contributed by atoms with E-state index in [4.69, 9.17) is 0 Å². The SMILES string of the molecule is C=CC(C)(O)CC/C=C(/C)CC/C=C(/C)CC/C=C(/C)CC/C=C(/C)CC/C=C(/C)CC/C=C(/C)CC/C=C(/C)CC/C=C(/C)CCC=C(C)C. The molecular formula is C50H82O. The van der Waals surface area contributed by atoms with Crippen molar-refractivity contribution in [1.82, 2.24) is 0 Å². The second kappa shape index (κ2) is 29.9. The number of hydrogen-bond donors (Lipinski definition) is 1. The van der Waals surface area contributed by atoms with Crippen molar-refractivity contribution in [2.24, 2.45) is 0 Å². The van der Waals surface area contributed by atoms with Crippen LogP contribution in [0.2, 0.25) is 0 Å². The maximum atomic E-state index is 10.1. The molecule has 0 aromatic heterocycles. The van der Waals surface area contributed by atoms with Crippen LogP contribution in [0.15, 0.2) is 117 Å². The second-order valence-corrected chi connectivity index (χ2v) is 16.1. The van der Waals surface area contributed by atoms with E-state index in [1.54, 1.807) is 6.08 Å². The molecule has 0 aromatic rings. The summed E-state index contributed by atoms with van der Waals surface area (Å²) in [6.07, 6.45) is 43.4. The number of rotatable bonds is 28. The van der Waals surface area contributed by atoms with Gasteiger partial charge in [-0.1, -0.05) is 111 Å². The molecule has 0 bridgehead atoms. The summed E-state index contributed by atoms with van der Waals surface area (Å²) in [6, 6.07) is 0. The minimum atomic E-state index is -0.761. The van der Waals surface area contributed by atoms with Crippen LogP contribution in [-0.2, 0) is 0 Å². The van der Waals surface area contributed by atoms with E-state index in [9.17, 15) is 5.11 Å². The Balaban J connectivity index is 4.25. The van der Waals surface area contributed by atoms with Gasteiger partial charge in [-0.2, -0.15) is 0 Å². The summed E-state index contributed by atoms with van der Waals surface area (Å²) < 4.78 is 0. The van der Waals surface area contributed by atoms with Gasteiger partial charge in [0.25, 0.3) is 0 Å². The minimum Gasteiger partial charge on any atom is -0.386 e. The molecule has 0 spiro atoms. The smallest absolute Gasteiger partial charge is 0.0800 e. The molecule has 1 heteroatoms. The highest BCUT2D eigenvalue weighted by molar-refractivity contribution is 5.11. The third-order valence-corrected chi connectivity index (χ3v) is 9.89. The lowest BCUT2D eigenvalue weighted by Gasteiger charge is -2.16. The van der Waals surface area contributed by atoms with E-state index in [-0.39, 0.29) is 0 Å². The molecule has 0 aliphatic heterocycles. The lowest BCUT2D eigenvalue weighted by Crippen LogP contribution is -2.19. The highest BCUT2D eigenvalue weighted by Gasteiger charge is 2.13. The van der Waals surface area contributed by atoms with Crippen molar-refractivity contribution >= 4 is 0 Å². The first-order valence-electron chi connectivity index (χ1n) is 20.4. The number of allylic oxidation sites excluding steroid dienone is 18. The van der Waals surface area contributed by atoms with Crippen molar-refractivity contribution in [3.8, 4) is 0 Å². The Morgan fingerprint density at radius 1 is 0.373 bits per heavy atom. The Hall–Kier alpha value is -2.64. The fourth-order valence-corrected chi connectivity index (χ4v) is 5.94. The van der Waals surface area contributed by atoms with Gasteiger partial charge in [0, 0.05) is 0 Å². The Bertz CT molecular complexity index is 1260. The van der Waals surface area contributed by atoms with Crippen molar-refractivity contribution in [1.29, 1.82) is 0 Å².